The summed E-state index contributed by atoms with van der Waals surface area (Å²) >= 11 is 0. The van der Waals surface area contributed by atoms with Crippen LogP contribution in [0, 0.1) is 0 Å². The van der Waals surface area contributed by atoms with Crippen molar-refractivity contribution in [1.29, 1.82) is 0 Å². The quantitative estimate of drug-likeness (QED) is 0.700. The Hall–Kier alpha value is -2.56. The number of urea groups is 1. The van der Waals surface area contributed by atoms with Gasteiger partial charge in [-0.1, -0.05) is 12.1 Å². The Balaban J connectivity index is 2.11. The maximum atomic E-state index is 10.5. The number of anilines is 1. The molecule has 0 aliphatic carbocycles. The van der Waals surface area contributed by atoms with Gasteiger partial charge in [0.2, 0.25) is 0 Å². The predicted molar refractivity (Wildman–Crippen MR) is 66.0 cm³/mol. The number of carbonyl (C=O) groups is 1. The van der Waals surface area contributed by atoms with E-state index < -0.39 is 6.03 Å². The molecule has 17 heavy (non-hydrogen) atoms. The van der Waals surface area contributed by atoms with E-state index in [9.17, 15) is 4.79 Å². The molecule has 1 heterocycles. The lowest BCUT2D eigenvalue weighted by molar-refractivity contribution is 0.250. The van der Waals surface area contributed by atoms with Crippen molar-refractivity contribution in [2.75, 3.05) is 5.43 Å². The SMILES string of the molecule is NC(=O)NNc1ccc(-c2ccncc2)cc1. The van der Waals surface area contributed by atoms with Crippen LogP contribution in [0.4, 0.5) is 10.5 Å². The number of hydrogen-bond acceptors (Lipinski definition) is 3. The van der Waals surface area contributed by atoms with E-state index in [1.165, 1.54) is 0 Å². The molecule has 0 radical (unpaired) electrons. The van der Waals surface area contributed by atoms with Gasteiger partial charge in [-0.15, -0.1) is 0 Å². The molecule has 0 aliphatic rings. The smallest absolute Gasteiger partial charge is 0.330 e. The van der Waals surface area contributed by atoms with E-state index in [0.717, 1.165) is 16.8 Å². The first-order valence-electron chi connectivity index (χ1n) is 5.07. The maximum Gasteiger partial charge on any atom is 0.330 e. The highest BCUT2D eigenvalue weighted by atomic mass is 16.2. The van der Waals surface area contributed by atoms with Gasteiger partial charge in [0, 0.05) is 12.4 Å². The van der Waals surface area contributed by atoms with Crippen LogP contribution < -0.4 is 16.6 Å². The number of hydrazine groups is 1. The molecule has 86 valence electrons. The number of rotatable bonds is 3. The van der Waals surface area contributed by atoms with Gasteiger partial charge in [0.05, 0.1) is 5.69 Å². The summed E-state index contributed by atoms with van der Waals surface area (Å²) < 4.78 is 0. The van der Waals surface area contributed by atoms with Crippen molar-refractivity contribution in [3.63, 3.8) is 0 Å². The van der Waals surface area contributed by atoms with Gasteiger partial charge >= 0.3 is 6.03 Å². The Labute approximate surface area is 98.6 Å². The van der Waals surface area contributed by atoms with Gasteiger partial charge in [-0.3, -0.25) is 15.8 Å². The van der Waals surface area contributed by atoms with E-state index in [1.54, 1.807) is 12.4 Å². The molecule has 2 rings (SSSR count). The van der Waals surface area contributed by atoms with Crippen LogP contribution in [-0.4, -0.2) is 11.0 Å². The zero-order chi connectivity index (χ0) is 12.1. The lowest BCUT2D eigenvalue weighted by Gasteiger charge is -2.07. The summed E-state index contributed by atoms with van der Waals surface area (Å²) in [6.45, 7) is 0. The monoisotopic (exact) mass is 228 g/mol. The summed E-state index contributed by atoms with van der Waals surface area (Å²) in [6.07, 6.45) is 3.49. The molecule has 5 heteroatoms. The van der Waals surface area contributed by atoms with Crippen molar-refractivity contribution in [3.8, 4) is 11.1 Å². The first kappa shape index (κ1) is 10.9. The number of benzene rings is 1. The molecule has 2 aromatic rings. The van der Waals surface area contributed by atoms with Gasteiger partial charge in [-0.2, -0.15) is 0 Å². The Morgan fingerprint density at radius 1 is 1.00 bits per heavy atom. The molecule has 5 nitrogen and oxygen atoms in total. The standard InChI is InChI=1S/C12H12N4O/c13-12(17)16-15-11-3-1-9(2-4-11)10-5-7-14-8-6-10/h1-8,15H,(H3,13,16,17). The Morgan fingerprint density at radius 2 is 1.59 bits per heavy atom. The molecule has 4 N–H and O–H groups in total. The van der Waals surface area contributed by atoms with Gasteiger partial charge in [0.25, 0.3) is 0 Å². The Kier molecular flexibility index (Phi) is 3.20. The highest BCUT2D eigenvalue weighted by molar-refractivity contribution is 5.73. The van der Waals surface area contributed by atoms with Crippen LogP contribution in [-0.2, 0) is 0 Å². The number of carbonyl (C=O) groups excluding carboxylic acids is 1. The summed E-state index contributed by atoms with van der Waals surface area (Å²) in [5.74, 6) is 0. The second-order valence-corrected chi connectivity index (χ2v) is 3.43. The summed E-state index contributed by atoms with van der Waals surface area (Å²) in [4.78, 5) is 14.5. The average Bonchev–Trinajstić information content (AvgIpc) is 2.38. The topological polar surface area (TPSA) is 80.0 Å². The second-order valence-electron chi connectivity index (χ2n) is 3.43. The molecule has 1 aromatic carbocycles. The number of nitrogens with two attached hydrogens (primary N) is 1. The highest BCUT2D eigenvalue weighted by Gasteiger charge is 1.97. The van der Waals surface area contributed by atoms with Crippen LogP contribution >= 0.6 is 0 Å². The average molecular weight is 228 g/mol. The summed E-state index contributed by atoms with van der Waals surface area (Å²) in [6, 6.07) is 10.8. The fourth-order valence-electron chi connectivity index (χ4n) is 1.42. The summed E-state index contributed by atoms with van der Waals surface area (Å²) in [5, 5.41) is 0. The molecule has 0 atom stereocenters. The van der Waals surface area contributed by atoms with Gasteiger partial charge < -0.3 is 5.73 Å². The van der Waals surface area contributed by atoms with Crippen LogP contribution in [0.5, 0.6) is 0 Å². The first-order valence-corrected chi connectivity index (χ1v) is 5.07. The minimum absolute atomic E-state index is 0.622. The summed E-state index contributed by atoms with van der Waals surface area (Å²) in [5.41, 5.74) is 12.9. The molecule has 2 amide bonds. The van der Waals surface area contributed by atoms with E-state index in [4.69, 9.17) is 5.73 Å². The third-order valence-electron chi connectivity index (χ3n) is 2.23. The van der Waals surface area contributed by atoms with E-state index in [1.807, 2.05) is 36.4 Å². The molecule has 0 saturated heterocycles. The minimum Gasteiger partial charge on any atom is -0.350 e. The van der Waals surface area contributed by atoms with Crippen molar-refractivity contribution in [3.05, 3.63) is 48.8 Å². The van der Waals surface area contributed by atoms with Crippen LogP contribution in [0.1, 0.15) is 0 Å². The number of pyridine rings is 1. The Morgan fingerprint density at radius 3 is 2.18 bits per heavy atom. The van der Waals surface area contributed by atoms with Crippen LogP contribution in [0.3, 0.4) is 0 Å². The normalized spacial score (nSPS) is 9.65. The molecule has 0 bridgehead atoms. The maximum absolute atomic E-state index is 10.5. The van der Waals surface area contributed by atoms with E-state index in [-0.39, 0.29) is 0 Å². The van der Waals surface area contributed by atoms with E-state index in [0.29, 0.717) is 0 Å². The first-order chi connectivity index (χ1) is 8.25. The van der Waals surface area contributed by atoms with Crippen LogP contribution in [0.2, 0.25) is 0 Å². The molecule has 1 aromatic heterocycles. The third kappa shape index (κ3) is 2.94. The van der Waals surface area contributed by atoms with Crippen molar-refractivity contribution in [2.24, 2.45) is 5.73 Å². The predicted octanol–water partition coefficient (Wildman–Crippen LogP) is 1.74. The van der Waals surface area contributed by atoms with E-state index >= 15 is 0 Å². The molecule has 0 fully saturated rings. The van der Waals surface area contributed by atoms with Gasteiger partial charge in [-0.05, 0) is 35.4 Å². The highest BCUT2D eigenvalue weighted by Crippen LogP contribution is 2.19. The van der Waals surface area contributed by atoms with Crippen molar-refractivity contribution in [2.45, 2.75) is 0 Å². The Bertz CT molecular complexity index is 496. The number of hydrogen-bond donors (Lipinski definition) is 3. The fourth-order valence-corrected chi connectivity index (χ4v) is 1.42. The fraction of sp³-hybridized carbons (Fsp3) is 0. The number of primary amides is 1. The summed E-state index contributed by atoms with van der Waals surface area (Å²) in [7, 11) is 0. The van der Waals surface area contributed by atoms with Crippen molar-refractivity contribution < 1.29 is 4.79 Å². The van der Waals surface area contributed by atoms with Gasteiger partial charge in [-0.25, -0.2) is 4.79 Å². The van der Waals surface area contributed by atoms with E-state index in [2.05, 4.69) is 15.8 Å². The number of amides is 2. The minimum atomic E-state index is -0.622. The molecular weight excluding hydrogens is 216 g/mol. The largest absolute Gasteiger partial charge is 0.350 e. The molecule has 0 saturated carbocycles. The number of nitrogens with one attached hydrogen (secondary N) is 2. The number of nitrogens with zero attached hydrogens (tertiary/aromatic N) is 1. The lowest BCUT2D eigenvalue weighted by atomic mass is 10.1. The third-order valence-corrected chi connectivity index (χ3v) is 2.23. The lowest BCUT2D eigenvalue weighted by Crippen LogP contribution is -2.34. The number of aromatic nitrogens is 1. The van der Waals surface area contributed by atoms with Gasteiger partial charge in [0.1, 0.15) is 0 Å². The molecule has 0 aliphatic heterocycles. The van der Waals surface area contributed by atoms with Crippen molar-refractivity contribution in [1.82, 2.24) is 10.4 Å². The van der Waals surface area contributed by atoms with Gasteiger partial charge in [0.15, 0.2) is 0 Å². The molecule has 0 spiro atoms. The zero-order valence-electron chi connectivity index (χ0n) is 9.05. The van der Waals surface area contributed by atoms with Crippen molar-refractivity contribution >= 4 is 11.7 Å². The van der Waals surface area contributed by atoms with Crippen LogP contribution in [0.15, 0.2) is 48.8 Å². The second kappa shape index (κ2) is 4.98. The zero-order valence-corrected chi connectivity index (χ0v) is 9.05. The van der Waals surface area contributed by atoms with Crippen LogP contribution in [0.25, 0.3) is 11.1 Å². The molecule has 0 unspecified atom stereocenters. The molecular formula is C12H12N4O.